The van der Waals surface area contributed by atoms with Crippen LogP contribution in [0.5, 0.6) is 5.75 Å². The first-order valence-electron chi connectivity index (χ1n) is 6.92. The maximum atomic E-state index is 11.9. The summed E-state index contributed by atoms with van der Waals surface area (Å²) >= 11 is 1.60. The Morgan fingerprint density at radius 2 is 1.95 bits per heavy atom. The van der Waals surface area contributed by atoms with E-state index in [0.717, 1.165) is 17.2 Å². The van der Waals surface area contributed by atoms with Crippen molar-refractivity contribution in [3.63, 3.8) is 0 Å². The number of carbonyl (C=O) groups excluding carboxylic acids is 1. The molecule has 2 aromatic carbocycles. The van der Waals surface area contributed by atoms with Crippen LogP contribution >= 0.6 is 11.8 Å². The molecule has 0 aliphatic carbocycles. The lowest BCUT2D eigenvalue weighted by Crippen LogP contribution is -2.14. The molecule has 0 bridgehead atoms. The van der Waals surface area contributed by atoms with E-state index in [0.29, 0.717) is 12.4 Å². The molecular formula is C17H19NO2S. The SMILES string of the molecule is CCOc1cccc(NC(=O)CSCc2ccccc2)c1. The molecule has 4 heteroatoms. The van der Waals surface area contributed by atoms with Crippen LogP contribution < -0.4 is 10.1 Å². The predicted octanol–water partition coefficient (Wildman–Crippen LogP) is 3.96. The Bertz CT molecular complexity index is 572. The first kappa shape index (κ1) is 15.4. The predicted molar refractivity (Wildman–Crippen MR) is 88.8 cm³/mol. The summed E-state index contributed by atoms with van der Waals surface area (Å²) < 4.78 is 5.41. The van der Waals surface area contributed by atoms with Gasteiger partial charge in [-0.25, -0.2) is 0 Å². The summed E-state index contributed by atoms with van der Waals surface area (Å²) in [5.74, 6) is 2.05. The van der Waals surface area contributed by atoms with Crippen LogP contribution in [0, 0.1) is 0 Å². The summed E-state index contributed by atoms with van der Waals surface area (Å²) in [6.45, 7) is 2.55. The molecule has 0 saturated heterocycles. The number of thioether (sulfide) groups is 1. The van der Waals surface area contributed by atoms with Crippen molar-refractivity contribution < 1.29 is 9.53 Å². The molecule has 0 aliphatic heterocycles. The van der Waals surface area contributed by atoms with Crippen LogP contribution in [0.3, 0.4) is 0 Å². The van der Waals surface area contributed by atoms with Gasteiger partial charge in [-0.05, 0) is 24.6 Å². The van der Waals surface area contributed by atoms with Gasteiger partial charge in [-0.1, -0.05) is 36.4 Å². The Morgan fingerprint density at radius 3 is 2.71 bits per heavy atom. The van der Waals surface area contributed by atoms with Crippen LogP contribution in [-0.4, -0.2) is 18.3 Å². The van der Waals surface area contributed by atoms with E-state index < -0.39 is 0 Å². The van der Waals surface area contributed by atoms with Crippen molar-refractivity contribution in [2.75, 3.05) is 17.7 Å². The van der Waals surface area contributed by atoms with Crippen molar-refractivity contribution in [2.24, 2.45) is 0 Å². The number of nitrogens with one attached hydrogen (secondary N) is 1. The Morgan fingerprint density at radius 1 is 1.14 bits per heavy atom. The van der Waals surface area contributed by atoms with Gasteiger partial charge in [-0.2, -0.15) is 0 Å². The van der Waals surface area contributed by atoms with E-state index in [-0.39, 0.29) is 5.91 Å². The number of benzene rings is 2. The zero-order valence-corrected chi connectivity index (χ0v) is 12.9. The third-order valence-electron chi connectivity index (χ3n) is 2.77. The molecule has 1 amide bonds. The van der Waals surface area contributed by atoms with Crippen molar-refractivity contribution in [2.45, 2.75) is 12.7 Å². The molecule has 0 spiro atoms. The Kier molecular flexibility index (Phi) is 6.16. The number of hydrogen-bond acceptors (Lipinski definition) is 3. The fourth-order valence-corrected chi connectivity index (χ4v) is 2.65. The largest absolute Gasteiger partial charge is 0.494 e. The average molecular weight is 301 g/mol. The van der Waals surface area contributed by atoms with Gasteiger partial charge in [0.05, 0.1) is 12.4 Å². The van der Waals surface area contributed by atoms with Gasteiger partial charge in [0.2, 0.25) is 5.91 Å². The second-order valence-electron chi connectivity index (χ2n) is 4.49. The zero-order valence-electron chi connectivity index (χ0n) is 12.0. The van der Waals surface area contributed by atoms with Crippen LogP contribution in [0.1, 0.15) is 12.5 Å². The standard InChI is InChI=1S/C17H19NO2S/c1-2-20-16-10-6-9-15(11-16)18-17(19)13-21-12-14-7-4-3-5-8-14/h3-11H,2,12-13H2,1H3,(H,18,19). The molecule has 3 nitrogen and oxygen atoms in total. The summed E-state index contributed by atoms with van der Waals surface area (Å²) in [5.41, 5.74) is 2.00. The fourth-order valence-electron chi connectivity index (χ4n) is 1.86. The molecule has 0 aromatic heterocycles. The van der Waals surface area contributed by atoms with Gasteiger partial charge < -0.3 is 10.1 Å². The van der Waals surface area contributed by atoms with Gasteiger partial charge in [0.1, 0.15) is 5.75 Å². The zero-order chi connectivity index (χ0) is 14.9. The normalized spacial score (nSPS) is 10.1. The highest BCUT2D eigenvalue weighted by molar-refractivity contribution is 7.99. The molecule has 2 rings (SSSR count). The van der Waals surface area contributed by atoms with Crippen LogP contribution in [0.2, 0.25) is 0 Å². The molecule has 0 saturated carbocycles. The van der Waals surface area contributed by atoms with Crippen LogP contribution in [0.4, 0.5) is 5.69 Å². The summed E-state index contributed by atoms with van der Waals surface area (Å²) in [7, 11) is 0. The monoisotopic (exact) mass is 301 g/mol. The summed E-state index contributed by atoms with van der Waals surface area (Å²) in [5, 5.41) is 2.89. The number of rotatable bonds is 7. The lowest BCUT2D eigenvalue weighted by molar-refractivity contribution is -0.113. The summed E-state index contributed by atoms with van der Waals surface area (Å²) in [6, 6.07) is 17.6. The van der Waals surface area contributed by atoms with E-state index in [1.54, 1.807) is 11.8 Å². The van der Waals surface area contributed by atoms with Crippen molar-refractivity contribution in [1.82, 2.24) is 0 Å². The van der Waals surface area contributed by atoms with Gasteiger partial charge in [0.15, 0.2) is 0 Å². The van der Waals surface area contributed by atoms with Crippen molar-refractivity contribution in [3.05, 3.63) is 60.2 Å². The topological polar surface area (TPSA) is 38.3 Å². The first-order valence-corrected chi connectivity index (χ1v) is 8.08. The number of hydrogen-bond donors (Lipinski definition) is 1. The highest BCUT2D eigenvalue weighted by Crippen LogP contribution is 2.18. The van der Waals surface area contributed by atoms with Gasteiger partial charge in [-0.3, -0.25) is 4.79 Å². The van der Waals surface area contributed by atoms with E-state index in [1.807, 2.05) is 49.4 Å². The molecule has 0 unspecified atom stereocenters. The minimum absolute atomic E-state index is 0.00424. The Balaban J connectivity index is 1.78. The van der Waals surface area contributed by atoms with E-state index in [2.05, 4.69) is 17.4 Å². The van der Waals surface area contributed by atoms with E-state index in [4.69, 9.17) is 4.74 Å². The smallest absolute Gasteiger partial charge is 0.234 e. The van der Waals surface area contributed by atoms with E-state index in [1.165, 1.54) is 5.56 Å². The quantitative estimate of drug-likeness (QED) is 0.841. The molecule has 0 radical (unpaired) electrons. The third kappa shape index (κ3) is 5.52. The number of carbonyl (C=O) groups is 1. The summed E-state index contributed by atoms with van der Waals surface area (Å²) in [6.07, 6.45) is 0. The van der Waals surface area contributed by atoms with Crippen LogP contribution in [0.25, 0.3) is 0 Å². The lowest BCUT2D eigenvalue weighted by atomic mass is 10.2. The number of anilines is 1. The second kappa shape index (κ2) is 8.37. The van der Waals surface area contributed by atoms with E-state index in [9.17, 15) is 4.79 Å². The maximum Gasteiger partial charge on any atom is 0.234 e. The molecule has 110 valence electrons. The number of ether oxygens (including phenoxy) is 1. The molecule has 0 atom stereocenters. The van der Waals surface area contributed by atoms with Gasteiger partial charge in [0, 0.05) is 17.5 Å². The van der Waals surface area contributed by atoms with Crippen molar-refractivity contribution in [1.29, 1.82) is 0 Å². The Hall–Kier alpha value is -1.94. The average Bonchev–Trinajstić information content (AvgIpc) is 2.49. The maximum absolute atomic E-state index is 11.9. The van der Waals surface area contributed by atoms with Crippen LogP contribution in [-0.2, 0) is 10.5 Å². The van der Waals surface area contributed by atoms with E-state index >= 15 is 0 Å². The lowest BCUT2D eigenvalue weighted by Gasteiger charge is -2.08. The van der Waals surface area contributed by atoms with Crippen molar-refractivity contribution >= 4 is 23.4 Å². The highest BCUT2D eigenvalue weighted by atomic mass is 32.2. The molecule has 0 fully saturated rings. The van der Waals surface area contributed by atoms with Gasteiger partial charge in [0.25, 0.3) is 0 Å². The number of amides is 1. The highest BCUT2D eigenvalue weighted by Gasteiger charge is 2.04. The second-order valence-corrected chi connectivity index (χ2v) is 5.47. The molecular weight excluding hydrogens is 282 g/mol. The van der Waals surface area contributed by atoms with Crippen molar-refractivity contribution in [3.8, 4) is 5.75 Å². The van der Waals surface area contributed by atoms with Gasteiger partial charge in [-0.15, -0.1) is 11.8 Å². The minimum atomic E-state index is 0.00424. The van der Waals surface area contributed by atoms with Crippen LogP contribution in [0.15, 0.2) is 54.6 Å². The minimum Gasteiger partial charge on any atom is -0.494 e. The molecule has 0 aliphatic rings. The summed E-state index contributed by atoms with van der Waals surface area (Å²) in [4.78, 5) is 11.9. The molecule has 1 N–H and O–H groups in total. The molecule has 2 aromatic rings. The Labute approximate surface area is 129 Å². The molecule has 21 heavy (non-hydrogen) atoms. The third-order valence-corrected chi connectivity index (χ3v) is 3.78. The first-order chi connectivity index (χ1) is 10.3. The van der Waals surface area contributed by atoms with Gasteiger partial charge >= 0.3 is 0 Å². The fraction of sp³-hybridized carbons (Fsp3) is 0.235. The molecule has 0 heterocycles.